The van der Waals surface area contributed by atoms with E-state index in [0.29, 0.717) is 43.6 Å². The molecule has 2 saturated carbocycles. The summed E-state index contributed by atoms with van der Waals surface area (Å²) >= 11 is 0. The molecule has 0 atom stereocenters. The largest absolute Gasteiger partial charge is 0.383 e. The first-order valence-corrected chi connectivity index (χ1v) is 10.4. The van der Waals surface area contributed by atoms with Gasteiger partial charge in [0.1, 0.15) is 5.78 Å². The quantitative estimate of drug-likeness (QED) is 0.415. The van der Waals surface area contributed by atoms with E-state index in [1.165, 1.54) is 12.8 Å². The molecule has 2 aliphatic heterocycles. The summed E-state index contributed by atoms with van der Waals surface area (Å²) in [5.74, 6) is 0.0652. The number of ketones is 2. The summed E-state index contributed by atoms with van der Waals surface area (Å²) in [5, 5.41) is 0. The Morgan fingerprint density at radius 2 is 1.43 bits per heavy atom. The van der Waals surface area contributed by atoms with E-state index >= 15 is 0 Å². The Bertz CT molecular complexity index is 677. The SMILES string of the molecule is CN(C)C=C1C(=O)CCN(C2CCC2)C1=O.O=C1CCN(C2CCC2)C(=O)C1. The number of carbonyl (C=O) groups excluding carboxylic acids is 4. The predicted octanol–water partition coefficient (Wildman–Crippen LogP) is 1.52. The fraction of sp³-hybridized carbons (Fsp3) is 0.714. The van der Waals surface area contributed by atoms with Crippen LogP contribution in [0.3, 0.4) is 0 Å². The molecule has 2 amide bonds. The molecule has 0 aromatic carbocycles. The summed E-state index contributed by atoms with van der Waals surface area (Å²) in [6.07, 6.45) is 9.75. The lowest BCUT2D eigenvalue weighted by atomic mass is 9.89. The number of hydrogen-bond acceptors (Lipinski definition) is 5. The van der Waals surface area contributed by atoms with Crippen LogP contribution in [0.2, 0.25) is 0 Å². The standard InChI is InChI=1S/C12H18N2O2.C9H13NO2/c1-13(2)8-10-11(15)6-7-14(12(10)16)9-4-3-5-9;11-8-4-5-10(9(12)6-8)7-2-1-3-7/h8-9H,3-7H2,1-2H3;7H,1-6H2. The Kier molecular flexibility index (Phi) is 6.52. The van der Waals surface area contributed by atoms with E-state index in [1.807, 2.05) is 23.9 Å². The Morgan fingerprint density at radius 1 is 0.857 bits per heavy atom. The van der Waals surface area contributed by atoms with Gasteiger partial charge in [0.25, 0.3) is 5.91 Å². The van der Waals surface area contributed by atoms with Gasteiger partial charge < -0.3 is 14.7 Å². The molecular formula is C21H31N3O4. The molecule has 0 N–H and O–H groups in total. The average molecular weight is 389 g/mol. The molecule has 7 nitrogen and oxygen atoms in total. The molecule has 0 radical (unpaired) electrons. The maximum atomic E-state index is 12.1. The summed E-state index contributed by atoms with van der Waals surface area (Å²) in [4.78, 5) is 51.6. The molecule has 4 aliphatic rings. The van der Waals surface area contributed by atoms with Crippen LogP contribution in [0, 0.1) is 0 Å². The Morgan fingerprint density at radius 3 is 1.93 bits per heavy atom. The lowest BCUT2D eigenvalue weighted by Crippen LogP contribution is -2.49. The van der Waals surface area contributed by atoms with E-state index in [1.54, 1.807) is 11.1 Å². The van der Waals surface area contributed by atoms with E-state index in [9.17, 15) is 19.2 Å². The number of nitrogens with zero attached hydrogens (tertiary/aromatic N) is 3. The van der Waals surface area contributed by atoms with Crippen LogP contribution in [-0.4, -0.2) is 77.3 Å². The van der Waals surface area contributed by atoms with Gasteiger partial charge in [-0.25, -0.2) is 0 Å². The lowest BCUT2D eigenvalue weighted by Gasteiger charge is -2.40. The van der Waals surface area contributed by atoms with Gasteiger partial charge in [-0.15, -0.1) is 0 Å². The van der Waals surface area contributed by atoms with Crippen LogP contribution in [-0.2, 0) is 19.2 Å². The summed E-state index contributed by atoms with van der Waals surface area (Å²) in [6, 6.07) is 0.844. The van der Waals surface area contributed by atoms with Gasteiger partial charge in [0.15, 0.2) is 5.78 Å². The third kappa shape index (κ3) is 4.62. The van der Waals surface area contributed by atoms with Crippen LogP contribution in [0.4, 0.5) is 0 Å². The fourth-order valence-electron chi connectivity index (χ4n) is 3.98. The van der Waals surface area contributed by atoms with Gasteiger partial charge in [0.2, 0.25) is 5.91 Å². The number of piperidine rings is 2. The van der Waals surface area contributed by atoms with E-state index in [-0.39, 0.29) is 29.8 Å². The molecule has 4 rings (SSSR count). The highest BCUT2D eigenvalue weighted by molar-refractivity contribution is 6.20. The van der Waals surface area contributed by atoms with Crippen molar-refractivity contribution < 1.29 is 19.2 Å². The van der Waals surface area contributed by atoms with Gasteiger partial charge in [0.05, 0.1) is 12.0 Å². The van der Waals surface area contributed by atoms with Crippen molar-refractivity contribution in [1.29, 1.82) is 0 Å². The Balaban J connectivity index is 0.000000167. The molecule has 2 heterocycles. The minimum atomic E-state index is -0.0744. The van der Waals surface area contributed by atoms with Gasteiger partial charge in [0, 0.05) is 58.3 Å². The van der Waals surface area contributed by atoms with Crippen LogP contribution in [0.25, 0.3) is 0 Å². The van der Waals surface area contributed by atoms with Crippen LogP contribution >= 0.6 is 0 Å². The minimum Gasteiger partial charge on any atom is -0.383 e. The van der Waals surface area contributed by atoms with Crippen molar-refractivity contribution in [2.24, 2.45) is 0 Å². The molecule has 154 valence electrons. The average Bonchev–Trinajstić information content (AvgIpc) is 2.54. The van der Waals surface area contributed by atoms with Gasteiger partial charge in [-0.1, -0.05) is 0 Å². The Hall–Kier alpha value is -2.18. The third-order valence-electron chi connectivity index (χ3n) is 6.09. The zero-order chi connectivity index (χ0) is 20.3. The molecule has 0 unspecified atom stereocenters. The molecule has 0 spiro atoms. The second-order valence-corrected chi connectivity index (χ2v) is 8.40. The van der Waals surface area contributed by atoms with Crippen molar-refractivity contribution >= 4 is 23.4 Å². The normalized spacial score (nSPS) is 25.3. The molecule has 0 aromatic rings. The second kappa shape index (κ2) is 8.88. The fourth-order valence-corrected chi connectivity index (χ4v) is 3.98. The van der Waals surface area contributed by atoms with E-state index in [2.05, 4.69) is 0 Å². The van der Waals surface area contributed by atoms with E-state index in [0.717, 1.165) is 25.7 Å². The molecule has 2 saturated heterocycles. The monoisotopic (exact) mass is 389 g/mol. The predicted molar refractivity (Wildman–Crippen MR) is 104 cm³/mol. The Labute approximate surface area is 166 Å². The van der Waals surface area contributed by atoms with Crippen molar-refractivity contribution in [2.45, 2.75) is 69.9 Å². The van der Waals surface area contributed by atoms with E-state index in [4.69, 9.17) is 0 Å². The number of amides is 2. The second-order valence-electron chi connectivity index (χ2n) is 8.40. The van der Waals surface area contributed by atoms with Gasteiger partial charge in [-0.3, -0.25) is 19.2 Å². The lowest BCUT2D eigenvalue weighted by molar-refractivity contribution is -0.143. The molecule has 28 heavy (non-hydrogen) atoms. The maximum absolute atomic E-state index is 12.1. The summed E-state index contributed by atoms with van der Waals surface area (Å²) in [5.41, 5.74) is 0.350. The number of Topliss-reactive ketones (excluding diaryl/α,β-unsaturated/α-hetero) is 2. The molecule has 0 bridgehead atoms. The van der Waals surface area contributed by atoms with Gasteiger partial charge >= 0.3 is 0 Å². The number of carbonyl (C=O) groups is 4. The highest BCUT2D eigenvalue weighted by Gasteiger charge is 2.36. The van der Waals surface area contributed by atoms with Crippen LogP contribution in [0.15, 0.2) is 11.8 Å². The zero-order valence-electron chi connectivity index (χ0n) is 17.0. The topological polar surface area (TPSA) is 78.0 Å². The van der Waals surface area contributed by atoms with Crippen LogP contribution < -0.4 is 0 Å². The number of hydrogen-bond donors (Lipinski definition) is 0. The van der Waals surface area contributed by atoms with E-state index < -0.39 is 0 Å². The smallest absolute Gasteiger partial charge is 0.259 e. The first kappa shape index (κ1) is 20.6. The molecular weight excluding hydrogens is 358 g/mol. The van der Waals surface area contributed by atoms with Crippen molar-refractivity contribution in [1.82, 2.24) is 14.7 Å². The number of rotatable bonds is 3. The van der Waals surface area contributed by atoms with Crippen LogP contribution in [0.5, 0.6) is 0 Å². The third-order valence-corrected chi connectivity index (χ3v) is 6.09. The zero-order valence-corrected chi connectivity index (χ0v) is 17.0. The highest BCUT2D eigenvalue weighted by atomic mass is 16.2. The summed E-state index contributed by atoms with van der Waals surface area (Å²) in [6.45, 7) is 1.27. The minimum absolute atomic E-state index is 0.0192. The molecule has 0 aromatic heterocycles. The maximum Gasteiger partial charge on any atom is 0.259 e. The van der Waals surface area contributed by atoms with Crippen molar-refractivity contribution in [3.8, 4) is 0 Å². The van der Waals surface area contributed by atoms with Gasteiger partial charge in [-0.05, 0) is 38.5 Å². The van der Waals surface area contributed by atoms with Crippen molar-refractivity contribution in [2.75, 3.05) is 27.2 Å². The number of likely N-dealkylation sites (tertiary alicyclic amines) is 2. The first-order valence-electron chi connectivity index (χ1n) is 10.4. The van der Waals surface area contributed by atoms with Crippen molar-refractivity contribution in [3.05, 3.63) is 11.8 Å². The molecule has 2 aliphatic carbocycles. The van der Waals surface area contributed by atoms with Crippen molar-refractivity contribution in [3.63, 3.8) is 0 Å². The van der Waals surface area contributed by atoms with Crippen LogP contribution in [0.1, 0.15) is 57.8 Å². The molecule has 4 fully saturated rings. The van der Waals surface area contributed by atoms with Gasteiger partial charge in [-0.2, -0.15) is 0 Å². The first-order chi connectivity index (χ1) is 13.4. The highest BCUT2D eigenvalue weighted by Crippen LogP contribution is 2.29. The summed E-state index contributed by atoms with van der Waals surface area (Å²) < 4.78 is 0. The molecule has 7 heteroatoms. The summed E-state index contributed by atoms with van der Waals surface area (Å²) in [7, 11) is 3.66.